The van der Waals surface area contributed by atoms with Crippen molar-refractivity contribution in [3.05, 3.63) is 36.0 Å². The summed E-state index contributed by atoms with van der Waals surface area (Å²) in [4.78, 5) is 4.09. The van der Waals surface area contributed by atoms with Gasteiger partial charge in [0.05, 0.1) is 7.11 Å². The number of aromatic nitrogens is 1. The van der Waals surface area contributed by atoms with Crippen molar-refractivity contribution < 1.29 is 4.74 Å². The van der Waals surface area contributed by atoms with Crippen LogP contribution in [0.25, 0.3) is 0 Å². The van der Waals surface area contributed by atoms with E-state index in [0.717, 1.165) is 17.6 Å². The predicted octanol–water partition coefficient (Wildman–Crippen LogP) is 2.06. The number of ether oxygens (including phenoxy) is 1. The smallest absolute Gasteiger partial charge is 0.217 e. The highest BCUT2D eigenvalue weighted by Crippen LogP contribution is 2.24. The Morgan fingerprint density at radius 2 is 2.43 bits per heavy atom. The van der Waals surface area contributed by atoms with Crippen LogP contribution in [-0.2, 0) is 0 Å². The lowest BCUT2D eigenvalue weighted by Gasteiger charge is -2.14. The van der Waals surface area contributed by atoms with Crippen LogP contribution >= 0.6 is 0 Å². The maximum atomic E-state index is 5.99. The standard InChI is InChI=1S/C11H16N2O/c1-8(2)7-10(12)9-5-4-6-13-11(9)14-3/h4-6,10H,1,7,12H2,2-3H3. The van der Waals surface area contributed by atoms with E-state index < -0.39 is 0 Å². The van der Waals surface area contributed by atoms with Crippen LogP contribution in [0.2, 0.25) is 0 Å². The normalized spacial score (nSPS) is 12.2. The second-order valence-electron chi connectivity index (χ2n) is 3.37. The molecule has 0 fully saturated rings. The van der Waals surface area contributed by atoms with E-state index in [0.29, 0.717) is 5.88 Å². The van der Waals surface area contributed by atoms with Crippen molar-refractivity contribution in [2.45, 2.75) is 19.4 Å². The third kappa shape index (κ3) is 2.57. The van der Waals surface area contributed by atoms with Gasteiger partial charge in [0, 0.05) is 17.8 Å². The van der Waals surface area contributed by atoms with Crippen molar-refractivity contribution in [2.75, 3.05) is 7.11 Å². The first-order chi connectivity index (χ1) is 6.65. The van der Waals surface area contributed by atoms with Crippen molar-refractivity contribution >= 4 is 0 Å². The molecule has 0 aromatic carbocycles. The highest BCUT2D eigenvalue weighted by Gasteiger charge is 2.11. The summed E-state index contributed by atoms with van der Waals surface area (Å²) in [6.45, 7) is 5.80. The van der Waals surface area contributed by atoms with Gasteiger partial charge >= 0.3 is 0 Å². The molecule has 0 saturated carbocycles. The largest absolute Gasteiger partial charge is 0.481 e. The molecule has 2 N–H and O–H groups in total. The van der Waals surface area contributed by atoms with Gasteiger partial charge < -0.3 is 10.5 Å². The topological polar surface area (TPSA) is 48.1 Å². The molecule has 0 aliphatic carbocycles. The van der Waals surface area contributed by atoms with E-state index in [9.17, 15) is 0 Å². The molecule has 1 aromatic rings. The number of pyridine rings is 1. The van der Waals surface area contributed by atoms with Crippen molar-refractivity contribution in [1.29, 1.82) is 0 Å². The highest BCUT2D eigenvalue weighted by atomic mass is 16.5. The lowest BCUT2D eigenvalue weighted by molar-refractivity contribution is 0.388. The number of nitrogens with zero attached hydrogens (tertiary/aromatic N) is 1. The minimum absolute atomic E-state index is 0.0869. The Bertz CT molecular complexity index is 323. The SMILES string of the molecule is C=C(C)CC(N)c1cccnc1OC. The number of hydrogen-bond acceptors (Lipinski definition) is 3. The van der Waals surface area contributed by atoms with E-state index in [1.54, 1.807) is 13.3 Å². The van der Waals surface area contributed by atoms with Crippen LogP contribution in [0, 0.1) is 0 Å². The molecule has 1 atom stereocenters. The maximum Gasteiger partial charge on any atom is 0.217 e. The van der Waals surface area contributed by atoms with Gasteiger partial charge in [-0.15, -0.1) is 6.58 Å². The molecule has 14 heavy (non-hydrogen) atoms. The molecule has 0 bridgehead atoms. The van der Waals surface area contributed by atoms with Crippen LogP contribution in [0.15, 0.2) is 30.5 Å². The predicted molar refractivity (Wildman–Crippen MR) is 57.1 cm³/mol. The van der Waals surface area contributed by atoms with Crippen molar-refractivity contribution in [3.8, 4) is 5.88 Å². The van der Waals surface area contributed by atoms with Gasteiger partial charge in [-0.2, -0.15) is 0 Å². The van der Waals surface area contributed by atoms with Crippen LogP contribution in [0.5, 0.6) is 5.88 Å². The Labute approximate surface area is 84.6 Å². The molecule has 1 heterocycles. The third-order valence-corrected chi connectivity index (χ3v) is 1.96. The molecule has 0 amide bonds. The third-order valence-electron chi connectivity index (χ3n) is 1.96. The molecular weight excluding hydrogens is 176 g/mol. The summed E-state index contributed by atoms with van der Waals surface area (Å²) in [5.74, 6) is 0.598. The summed E-state index contributed by atoms with van der Waals surface area (Å²) in [7, 11) is 1.60. The second kappa shape index (κ2) is 4.77. The molecule has 76 valence electrons. The summed E-state index contributed by atoms with van der Waals surface area (Å²) in [6.07, 6.45) is 2.44. The Balaban J connectivity index is 2.87. The number of rotatable bonds is 4. The quantitative estimate of drug-likeness (QED) is 0.743. The molecule has 1 rings (SSSR count). The van der Waals surface area contributed by atoms with Crippen LogP contribution in [0.4, 0.5) is 0 Å². The van der Waals surface area contributed by atoms with Crippen molar-refractivity contribution in [3.63, 3.8) is 0 Å². The molecule has 0 aliphatic heterocycles. The fourth-order valence-corrected chi connectivity index (χ4v) is 1.34. The van der Waals surface area contributed by atoms with Gasteiger partial charge in [-0.1, -0.05) is 11.6 Å². The van der Waals surface area contributed by atoms with E-state index >= 15 is 0 Å². The first-order valence-electron chi connectivity index (χ1n) is 4.54. The molecule has 0 radical (unpaired) electrons. The van der Waals surface area contributed by atoms with Crippen molar-refractivity contribution in [1.82, 2.24) is 4.98 Å². The minimum Gasteiger partial charge on any atom is -0.481 e. The molecule has 3 heteroatoms. The average molecular weight is 192 g/mol. The van der Waals surface area contributed by atoms with E-state index in [2.05, 4.69) is 11.6 Å². The summed E-state index contributed by atoms with van der Waals surface area (Å²) in [5.41, 5.74) is 7.98. The molecule has 1 aromatic heterocycles. The van der Waals surface area contributed by atoms with Crippen molar-refractivity contribution in [2.24, 2.45) is 5.73 Å². The molecule has 0 aliphatic rings. The van der Waals surface area contributed by atoms with Gasteiger partial charge in [0.25, 0.3) is 0 Å². The fraction of sp³-hybridized carbons (Fsp3) is 0.364. The number of methoxy groups -OCH3 is 1. The van der Waals surface area contributed by atoms with Gasteiger partial charge in [-0.05, 0) is 19.4 Å². The van der Waals surface area contributed by atoms with Crippen LogP contribution in [-0.4, -0.2) is 12.1 Å². The molecule has 0 saturated heterocycles. The van der Waals surface area contributed by atoms with E-state index in [4.69, 9.17) is 10.5 Å². The highest BCUT2D eigenvalue weighted by molar-refractivity contribution is 5.29. The lowest BCUT2D eigenvalue weighted by atomic mass is 10.0. The monoisotopic (exact) mass is 192 g/mol. The Hall–Kier alpha value is -1.35. The molecule has 3 nitrogen and oxygen atoms in total. The zero-order valence-electron chi connectivity index (χ0n) is 8.66. The van der Waals surface area contributed by atoms with E-state index in [1.807, 2.05) is 19.1 Å². The van der Waals surface area contributed by atoms with Gasteiger partial charge in [0.2, 0.25) is 5.88 Å². The summed E-state index contributed by atoms with van der Waals surface area (Å²) < 4.78 is 5.13. The van der Waals surface area contributed by atoms with Crippen LogP contribution in [0.1, 0.15) is 24.9 Å². The fourth-order valence-electron chi connectivity index (χ4n) is 1.34. The molecular formula is C11H16N2O. The van der Waals surface area contributed by atoms with Gasteiger partial charge in [-0.3, -0.25) is 0 Å². The molecule has 1 unspecified atom stereocenters. The second-order valence-corrected chi connectivity index (χ2v) is 3.37. The van der Waals surface area contributed by atoms with Crippen LogP contribution < -0.4 is 10.5 Å². The van der Waals surface area contributed by atoms with E-state index in [1.165, 1.54) is 0 Å². The maximum absolute atomic E-state index is 5.99. The summed E-state index contributed by atoms with van der Waals surface area (Å²) in [5, 5.41) is 0. The summed E-state index contributed by atoms with van der Waals surface area (Å²) >= 11 is 0. The van der Waals surface area contributed by atoms with E-state index in [-0.39, 0.29) is 6.04 Å². The Morgan fingerprint density at radius 1 is 1.71 bits per heavy atom. The first-order valence-corrected chi connectivity index (χ1v) is 4.54. The Morgan fingerprint density at radius 3 is 3.00 bits per heavy atom. The number of nitrogens with two attached hydrogens (primary N) is 1. The lowest BCUT2D eigenvalue weighted by Crippen LogP contribution is -2.12. The van der Waals surface area contributed by atoms with Crippen LogP contribution in [0.3, 0.4) is 0 Å². The van der Waals surface area contributed by atoms with Gasteiger partial charge in [-0.25, -0.2) is 4.98 Å². The number of hydrogen-bond donors (Lipinski definition) is 1. The zero-order chi connectivity index (χ0) is 10.6. The molecule has 0 spiro atoms. The summed E-state index contributed by atoms with van der Waals surface area (Å²) in [6, 6.07) is 3.70. The minimum atomic E-state index is -0.0869. The average Bonchev–Trinajstić information content (AvgIpc) is 2.16. The Kier molecular flexibility index (Phi) is 3.65. The zero-order valence-corrected chi connectivity index (χ0v) is 8.66. The first kappa shape index (κ1) is 10.7. The van der Waals surface area contributed by atoms with Gasteiger partial charge in [0.15, 0.2) is 0 Å². The van der Waals surface area contributed by atoms with Gasteiger partial charge in [0.1, 0.15) is 0 Å².